The Hall–Kier alpha value is -0.160. The van der Waals surface area contributed by atoms with Crippen LogP contribution in [0.25, 0.3) is 0 Å². The van der Waals surface area contributed by atoms with Gasteiger partial charge in [-0.15, -0.1) is 11.8 Å². The van der Waals surface area contributed by atoms with Crippen LogP contribution in [0.4, 0.5) is 13.2 Å². The lowest BCUT2D eigenvalue weighted by molar-refractivity contribution is -0.0928. The van der Waals surface area contributed by atoms with Crippen molar-refractivity contribution in [3.63, 3.8) is 0 Å². The maximum absolute atomic E-state index is 12.4. The number of alkyl halides is 3. The van der Waals surface area contributed by atoms with Crippen molar-refractivity contribution in [2.75, 3.05) is 5.75 Å². The number of rotatable bonds is 2. The summed E-state index contributed by atoms with van der Waals surface area (Å²) in [4.78, 5) is 0.869. The Kier molecular flexibility index (Phi) is 4.52. The summed E-state index contributed by atoms with van der Waals surface area (Å²) in [5.41, 5.74) is -0.508. The van der Waals surface area contributed by atoms with Gasteiger partial charge in [0, 0.05) is 15.0 Å². The number of hydrogen-bond acceptors (Lipinski definition) is 1. The third-order valence-electron chi connectivity index (χ3n) is 1.84. The van der Waals surface area contributed by atoms with Gasteiger partial charge in [-0.2, -0.15) is 13.2 Å². The molecule has 1 aliphatic rings. The second-order valence-electron chi connectivity index (χ2n) is 2.91. The van der Waals surface area contributed by atoms with Crippen molar-refractivity contribution in [2.24, 2.45) is 0 Å². The highest BCUT2D eigenvalue weighted by molar-refractivity contribution is 9.12. The molecule has 0 spiro atoms. The lowest BCUT2D eigenvalue weighted by Crippen LogP contribution is -2.10. The third-order valence-corrected chi connectivity index (χ3v) is 3.78. The summed E-state index contributed by atoms with van der Waals surface area (Å²) in [7, 11) is 0. The molecule has 84 valence electrons. The van der Waals surface area contributed by atoms with Crippen molar-refractivity contribution in [3.8, 4) is 0 Å². The van der Waals surface area contributed by atoms with Crippen LogP contribution in [0, 0.1) is 0 Å². The van der Waals surface area contributed by atoms with Gasteiger partial charge in [0.1, 0.15) is 0 Å². The molecule has 0 aromatic rings. The molecule has 1 rings (SSSR count). The maximum Gasteiger partial charge on any atom is 0.412 e. The van der Waals surface area contributed by atoms with Crippen molar-refractivity contribution in [1.82, 2.24) is 0 Å². The van der Waals surface area contributed by atoms with E-state index >= 15 is 0 Å². The van der Waals surface area contributed by atoms with Crippen molar-refractivity contribution in [3.05, 3.63) is 33.2 Å². The summed E-state index contributed by atoms with van der Waals surface area (Å²) in [5, 5.41) is 0. The third kappa shape index (κ3) is 3.72. The van der Waals surface area contributed by atoms with Gasteiger partial charge in [-0.1, -0.05) is 19.1 Å². The van der Waals surface area contributed by atoms with Crippen molar-refractivity contribution >= 4 is 27.7 Å². The monoisotopic (exact) mass is 298 g/mol. The van der Waals surface area contributed by atoms with Gasteiger partial charge in [0.15, 0.2) is 0 Å². The van der Waals surface area contributed by atoms with Crippen LogP contribution in [0.1, 0.15) is 13.3 Å². The molecule has 0 unspecified atom stereocenters. The summed E-state index contributed by atoms with van der Waals surface area (Å²) >= 11 is 4.79. The largest absolute Gasteiger partial charge is 0.412 e. The van der Waals surface area contributed by atoms with Crippen LogP contribution in [0.3, 0.4) is 0 Å². The van der Waals surface area contributed by atoms with Crippen LogP contribution < -0.4 is 0 Å². The summed E-state index contributed by atoms with van der Waals surface area (Å²) in [6, 6.07) is 0. The predicted molar refractivity (Wildman–Crippen MR) is 62.0 cm³/mol. The molecule has 0 amide bonds. The van der Waals surface area contributed by atoms with E-state index in [1.807, 2.05) is 6.92 Å². The Morgan fingerprint density at radius 3 is 2.60 bits per heavy atom. The van der Waals surface area contributed by atoms with E-state index < -0.39 is 11.7 Å². The minimum absolute atomic E-state index is 0.0581. The van der Waals surface area contributed by atoms with E-state index in [1.165, 1.54) is 17.8 Å². The van der Waals surface area contributed by atoms with E-state index in [-0.39, 0.29) is 6.42 Å². The minimum atomic E-state index is -4.23. The molecule has 0 aromatic heterocycles. The number of halogens is 4. The van der Waals surface area contributed by atoms with Gasteiger partial charge in [0.05, 0.1) is 0 Å². The SMILES string of the molecule is CCSC1=CCC(C(F)(F)F)=CC=C1Br. The molecule has 0 aromatic carbocycles. The van der Waals surface area contributed by atoms with Gasteiger partial charge in [0.25, 0.3) is 0 Å². The van der Waals surface area contributed by atoms with Gasteiger partial charge >= 0.3 is 6.18 Å². The summed E-state index contributed by atoms with van der Waals surface area (Å²) in [6.07, 6.45) is -0.0841. The van der Waals surface area contributed by atoms with E-state index in [1.54, 1.807) is 6.08 Å². The number of thioether (sulfide) groups is 1. The highest BCUT2D eigenvalue weighted by atomic mass is 79.9. The summed E-state index contributed by atoms with van der Waals surface area (Å²) in [5.74, 6) is 0.843. The Bertz CT molecular complexity index is 326. The zero-order chi connectivity index (χ0) is 11.5. The summed E-state index contributed by atoms with van der Waals surface area (Å²) in [6.45, 7) is 1.97. The van der Waals surface area contributed by atoms with E-state index in [2.05, 4.69) is 15.9 Å². The van der Waals surface area contributed by atoms with Crippen LogP contribution in [-0.4, -0.2) is 11.9 Å². The minimum Gasteiger partial charge on any atom is -0.166 e. The van der Waals surface area contributed by atoms with Crippen molar-refractivity contribution < 1.29 is 13.2 Å². The molecule has 0 nitrogen and oxygen atoms in total. The van der Waals surface area contributed by atoms with Gasteiger partial charge in [0.2, 0.25) is 0 Å². The van der Waals surface area contributed by atoms with E-state index in [0.29, 0.717) is 4.48 Å². The molecular formula is C10H10BrF3S. The average Bonchev–Trinajstić information content (AvgIpc) is 2.29. The molecular weight excluding hydrogens is 289 g/mol. The first-order valence-corrected chi connectivity index (χ1v) is 6.20. The number of hydrogen-bond donors (Lipinski definition) is 0. The first-order valence-electron chi connectivity index (χ1n) is 4.42. The van der Waals surface area contributed by atoms with E-state index in [9.17, 15) is 13.2 Å². The molecule has 0 atom stereocenters. The molecule has 0 N–H and O–H groups in total. The molecule has 5 heteroatoms. The Morgan fingerprint density at radius 2 is 2.07 bits per heavy atom. The van der Waals surface area contributed by atoms with E-state index in [4.69, 9.17) is 0 Å². The normalized spacial score (nSPS) is 17.8. The Labute approximate surface area is 99.4 Å². The molecule has 0 fully saturated rings. The van der Waals surface area contributed by atoms with Gasteiger partial charge < -0.3 is 0 Å². The zero-order valence-electron chi connectivity index (χ0n) is 8.07. The molecule has 1 aliphatic carbocycles. The molecule has 15 heavy (non-hydrogen) atoms. The first kappa shape index (κ1) is 12.9. The fourth-order valence-corrected chi connectivity index (χ4v) is 2.47. The van der Waals surface area contributed by atoms with Crippen LogP contribution in [0.5, 0.6) is 0 Å². The Morgan fingerprint density at radius 1 is 1.40 bits per heavy atom. The highest BCUT2D eigenvalue weighted by Crippen LogP contribution is 2.36. The lowest BCUT2D eigenvalue weighted by Gasteiger charge is -2.07. The zero-order valence-corrected chi connectivity index (χ0v) is 10.5. The van der Waals surface area contributed by atoms with Crippen LogP contribution in [0.15, 0.2) is 33.2 Å². The predicted octanol–water partition coefficient (Wildman–Crippen LogP) is 4.79. The van der Waals surface area contributed by atoms with Crippen molar-refractivity contribution in [2.45, 2.75) is 19.5 Å². The van der Waals surface area contributed by atoms with Crippen LogP contribution in [-0.2, 0) is 0 Å². The quantitative estimate of drug-likeness (QED) is 0.706. The standard InChI is InChI=1S/C10H10BrF3S/c1-2-15-9-6-4-7(10(12,13)14)3-5-8(9)11/h3,5-6H,2,4H2,1H3. The molecule has 0 heterocycles. The molecule has 0 radical (unpaired) electrons. The number of allylic oxidation sites excluding steroid dienone is 5. The fourth-order valence-electron chi connectivity index (χ4n) is 1.12. The molecule has 0 aliphatic heterocycles. The fraction of sp³-hybridized carbons (Fsp3) is 0.400. The summed E-state index contributed by atoms with van der Waals surface area (Å²) < 4.78 is 38.0. The average molecular weight is 299 g/mol. The topological polar surface area (TPSA) is 0 Å². The smallest absolute Gasteiger partial charge is 0.166 e. The van der Waals surface area contributed by atoms with Crippen LogP contribution >= 0.6 is 27.7 Å². The first-order chi connectivity index (χ1) is 6.95. The second kappa shape index (κ2) is 5.25. The maximum atomic E-state index is 12.4. The van der Waals surface area contributed by atoms with Gasteiger partial charge in [-0.05, 0) is 34.2 Å². The second-order valence-corrected chi connectivity index (χ2v) is 5.07. The molecule has 0 bridgehead atoms. The van der Waals surface area contributed by atoms with Gasteiger partial charge in [-0.3, -0.25) is 0 Å². The van der Waals surface area contributed by atoms with Crippen LogP contribution in [0.2, 0.25) is 0 Å². The Balaban J connectivity index is 2.89. The highest BCUT2D eigenvalue weighted by Gasteiger charge is 2.32. The van der Waals surface area contributed by atoms with E-state index in [0.717, 1.165) is 16.7 Å². The van der Waals surface area contributed by atoms with Gasteiger partial charge in [-0.25, -0.2) is 0 Å². The lowest BCUT2D eigenvalue weighted by atomic mass is 10.2. The van der Waals surface area contributed by atoms with Crippen molar-refractivity contribution in [1.29, 1.82) is 0 Å². The molecule has 0 saturated heterocycles. The molecule has 0 saturated carbocycles.